The average molecular weight is 380 g/mol. The summed E-state index contributed by atoms with van der Waals surface area (Å²) in [5.74, 6) is -1.50. The Hall–Kier alpha value is -0.940. The second kappa shape index (κ2) is 6.05. The van der Waals surface area contributed by atoms with Gasteiger partial charge in [0.2, 0.25) is 0 Å². The zero-order chi connectivity index (χ0) is 15.8. The zero-order valence-corrected chi connectivity index (χ0v) is 13.8. The Morgan fingerprint density at radius 2 is 2.14 bits per heavy atom. The molecular weight excluding hydrogens is 366 g/mol. The van der Waals surface area contributed by atoms with Gasteiger partial charge in [0.05, 0.1) is 5.92 Å². The summed E-state index contributed by atoms with van der Waals surface area (Å²) in [7, 11) is 0. The lowest BCUT2D eigenvalue weighted by molar-refractivity contribution is -0.147. The van der Waals surface area contributed by atoms with Gasteiger partial charge in [-0.25, -0.2) is 0 Å². The van der Waals surface area contributed by atoms with Crippen LogP contribution in [0, 0.1) is 17.3 Å². The van der Waals surface area contributed by atoms with E-state index in [1.807, 2.05) is 0 Å². The molecule has 2 nitrogen and oxygen atoms in total. The highest BCUT2D eigenvalue weighted by Gasteiger charge is 2.62. The zero-order valence-electron chi connectivity index (χ0n) is 11.5. The smallest absolute Gasteiger partial charge is 0.310 e. The fourth-order valence-electron chi connectivity index (χ4n) is 2.48. The maximum absolute atomic E-state index is 12.3. The van der Waals surface area contributed by atoms with Crippen molar-refractivity contribution in [3.8, 4) is 0 Å². The van der Waals surface area contributed by atoms with Gasteiger partial charge in [0.25, 0.3) is 6.08 Å². The lowest BCUT2D eigenvalue weighted by atomic mass is 10.1. The number of carbonyl (C=O) groups excluding carboxylic acids is 1. The lowest BCUT2D eigenvalue weighted by Crippen LogP contribution is -2.11. The molecule has 2 atom stereocenters. The summed E-state index contributed by atoms with van der Waals surface area (Å²) in [5, 5.41) is 0.485. The van der Waals surface area contributed by atoms with Gasteiger partial charge in [-0.3, -0.25) is 4.79 Å². The summed E-state index contributed by atoms with van der Waals surface area (Å²) < 4.78 is 30.7. The van der Waals surface area contributed by atoms with E-state index in [1.54, 1.807) is 32.0 Å². The summed E-state index contributed by atoms with van der Waals surface area (Å²) in [5.41, 5.74) is 0.160. The highest BCUT2D eigenvalue weighted by molar-refractivity contribution is 9.10. The first-order valence-corrected chi connectivity index (χ1v) is 7.54. The van der Waals surface area contributed by atoms with Crippen LogP contribution in [0.4, 0.5) is 8.78 Å². The highest BCUT2D eigenvalue weighted by atomic mass is 79.9. The van der Waals surface area contributed by atoms with E-state index in [-0.39, 0.29) is 6.61 Å². The van der Waals surface area contributed by atoms with Crippen LogP contribution in [0.15, 0.2) is 34.8 Å². The molecule has 21 heavy (non-hydrogen) atoms. The molecule has 1 saturated carbocycles. The number of benzene rings is 1. The molecule has 0 aromatic heterocycles. The van der Waals surface area contributed by atoms with Crippen LogP contribution in [-0.4, -0.2) is 5.97 Å². The molecule has 1 aromatic rings. The van der Waals surface area contributed by atoms with Crippen LogP contribution in [0.2, 0.25) is 5.02 Å². The lowest BCUT2D eigenvalue weighted by Gasteiger charge is -2.09. The molecule has 0 radical (unpaired) electrons. The first-order valence-electron chi connectivity index (χ1n) is 6.37. The number of halogens is 4. The monoisotopic (exact) mass is 378 g/mol. The van der Waals surface area contributed by atoms with Crippen molar-refractivity contribution < 1.29 is 18.3 Å². The van der Waals surface area contributed by atoms with Crippen LogP contribution in [0.1, 0.15) is 19.4 Å². The van der Waals surface area contributed by atoms with E-state index in [2.05, 4.69) is 15.9 Å². The van der Waals surface area contributed by atoms with Crippen LogP contribution < -0.4 is 0 Å². The summed E-state index contributed by atoms with van der Waals surface area (Å²) in [4.78, 5) is 12.1. The summed E-state index contributed by atoms with van der Waals surface area (Å²) in [6, 6.07) is 5.26. The quantitative estimate of drug-likeness (QED) is 0.672. The van der Waals surface area contributed by atoms with Crippen molar-refractivity contribution in [3.63, 3.8) is 0 Å². The van der Waals surface area contributed by atoms with Gasteiger partial charge in [-0.2, -0.15) is 8.78 Å². The number of esters is 1. The molecule has 2 rings (SSSR count). The molecule has 0 aliphatic heterocycles. The number of allylic oxidation sites excluding steroid dienone is 1. The van der Waals surface area contributed by atoms with Gasteiger partial charge >= 0.3 is 5.97 Å². The minimum atomic E-state index is -1.77. The summed E-state index contributed by atoms with van der Waals surface area (Å²) in [6.45, 7) is 3.56. The van der Waals surface area contributed by atoms with Crippen LogP contribution in [0.5, 0.6) is 0 Å². The maximum atomic E-state index is 12.3. The van der Waals surface area contributed by atoms with Crippen LogP contribution in [0.25, 0.3) is 0 Å². The molecular formula is C15H14BrClF2O2. The summed E-state index contributed by atoms with van der Waals surface area (Å²) >= 11 is 9.36. The van der Waals surface area contributed by atoms with Gasteiger partial charge in [0, 0.05) is 21.0 Å². The van der Waals surface area contributed by atoms with E-state index in [9.17, 15) is 13.6 Å². The molecule has 114 valence electrons. The Bertz CT molecular complexity index is 577. The van der Waals surface area contributed by atoms with Gasteiger partial charge in [-0.15, -0.1) is 0 Å². The normalized spacial score (nSPS) is 22.6. The van der Waals surface area contributed by atoms with Crippen molar-refractivity contribution in [2.24, 2.45) is 17.3 Å². The predicted octanol–water partition coefficient (Wildman–Crippen LogP) is 5.20. The number of rotatable bonds is 4. The molecule has 1 aliphatic rings. The Labute approximate surface area is 135 Å². The van der Waals surface area contributed by atoms with Gasteiger partial charge < -0.3 is 4.74 Å². The molecule has 0 heterocycles. The summed E-state index contributed by atoms with van der Waals surface area (Å²) in [6.07, 6.45) is -0.936. The van der Waals surface area contributed by atoms with Gasteiger partial charge in [0.15, 0.2) is 0 Å². The van der Waals surface area contributed by atoms with E-state index >= 15 is 0 Å². The van der Waals surface area contributed by atoms with Crippen molar-refractivity contribution in [1.29, 1.82) is 0 Å². The Morgan fingerprint density at radius 1 is 1.48 bits per heavy atom. The molecule has 0 spiro atoms. The standard InChI is InChI=1S/C15H14BrClF2O2/c1-15(2)9(6-12(18)19)13(15)14(20)21-7-8-10(16)4-3-5-11(8)17/h3-6,9,13H,7H2,1-2H3. The predicted molar refractivity (Wildman–Crippen MR) is 80.0 cm³/mol. The molecule has 0 amide bonds. The molecule has 1 aromatic carbocycles. The molecule has 0 saturated heterocycles. The van der Waals surface area contributed by atoms with Gasteiger partial charge in [-0.05, 0) is 23.6 Å². The molecule has 2 unspecified atom stereocenters. The van der Waals surface area contributed by atoms with E-state index in [0.29, 0.717) is 10.6 Å². The van der Waals surface area contributed by atoms with Crippen molar-refractivity contribution in [3.05, 3.63) is 45.4 Å². The first kappa shape index (κ1) is 16.4. The molecule has 0 N–H and O–H groups in total. The molecule has 1 fully saturated rings. The number of carbonyl (C=O) groups is 1. The fraction of sp³-hybridized carbons (Fsp3) is 0.400. The fourth-order valence-corrected chi connectivity index (χ4v) is 3.30. The van der Waals surface area contributed by atoms with Crippen molar-refractivity contribution in [2.75, 3.05) is 0 Å². The van der Waals surface area contributed by atoms with Crippen LogP contribution >= 0.6 is 27.5 Å². The van der Waals surface area contributed by atoms with E-state index in [0.717, 1.165) is 10.5 Å². The maximum Gasteiger partial charge on any atom is 0.310 e. The molecule has 1 aliphatic carbocycles. The largest absolute Gasteiger partial charge is 0.460 e. The molecule has 0 bridgehead atoms. The second-order valence-electron chi connectivity index (χ2n) is 5.59. The number of hydrogen-bond acceptors (Lipinski definition) is 2. The average Bonchev–Trinajstić information content (AvgIpc) is 2.89. The Morgan fingerprint density at radius 3 is 2.71 bits per heavy atom. The van der Waals surface area contributed by atoms with E-state index in [1.165, 1.54) is 0 Å². The topological polar surface area (TPSA) is 26.3 Å². The van der Waals surface area contributed by atoms with Gasteiger partial charge in [-0.1, -0.05) is 47.4 Å². The van der Waals surface area contributed by atoms with Crippen molar-refractivity contribution in [1.82, 2.24) is 0 Å². The van der Waals surface area contributed by atoms with Crippen molar-refractivity contribution in [2.45, 2.75) is 20.5 Å². The van der Waals surface area contributed by atoms with Gasteiger partial charge in [0.1, 0.15) is 6.61 Å². The first-order chi connectivity index (χ1) is 9.75. The third-order valence-corrected chi connectivity index (χ3v) is 4.99. The SMILES string of the molecule is CC1(C)C(C=C(F)F)C1C(=O)OCc1c(Cl)cccc1Br. The minimum Gasteiger partial charge on any atom is -0.460 e. The van der Waals surface area contributed by atoms with Crippen molar-refractivity contribution >= 4 is 33.5 Å². The third kappa shape index (κ3) is 3.46. The Balaban J connectivity index is 2.02. The molecule has 6 heteroatoms. The van der Waals surface area contributed by atoms with E-state index < -0.39 is 29.3 Å². The van der Waals surface area contributed by atoms with Crippen LogP contribution in [-0.2, 0) is 16.1 Å². The third-order valence-electron chi connectivity index (χ3n) is 3.89. The Kier molecular flexibility index (Phi) is 4.73. The number of hydrogen-bond donors (Lipinski definition) is 0. The minimum absolute atomic E-state index is 0.0141. The number of ether oxygens (including phenoxy) is 1. The second-order valence-corrected chi connectivity index (χ2v) is 6.85. The van der Waals surface area contributed by atoms with Crippen LogP contribution in [0.3, 0.4) is 0 Å². The van der Waals surface area contributed by atoms with E-state index in [4.69, 9.17) is 16.3 Å². The highest BCUT2D eigenvalue weighted by Crippen LogP contribution is 2.60.